The molecule has 2 rings (SSSR count). The summed E-state index contributed by atoms with van der Waals surface area (Å²) in [7, 11) is 2.11. The van der Waals surface area contributed by atoms with Gasteiger partial charge < -0.3 is 9.64 Å². The summed E-state index contributed by atoms with van der Waals surface area (Å²) in [6.45, 7) is 3.93. The molecule has 13 heavy (non-hydrogen) atoms. The molecule has 1 heterocycles. The van der Waals surface area contributed by atoms with Crippen LogP contribution in [0.5, 0.6) is 0 Å². The fourth-order valence-electron chi connectivity index (χ4n) is 1.59. The number of hydrogen-bond acceptors (Lipinski definition) is 2. The second kappa shape index (κ2) is 3.29. The molecule has 1 fully saturated rings. The lowest BCUT2D eigenvalue weighted by molar-refractivity contribution is 0.142. The van der Waals surface area contributed by atoms with Gasteiger partial charge >= 0.3 is 0 Å². The van der Waals surface area contributed by atoms with Crippen LogP contribution in [-0.2, 0) is 4.74 Å². The van der Waals surface area contributed by atoms with Crippen LogP contribution in [0.2, 0.25) is 0 Å². The smallest absolute Gasteiger partial charge is 0.139 e. The number of likely N-dealkylation sites (N-methyl/N-ethyl adjacent to an activating group) is 1. The summed E-state index contributed by atoms with van der Waals surface area (Å²) in [6.07, 6.45) is 7.49. The Morgan fingerprint density at radius 2 is 2.23 bits per heavy atom. The van der Waals surface area contributed by atoms with Crippen LogP contribution in [0.4, 0.5) is 0 Å². The number of ether oxygens (including phenoxy) is 1. The first-order valence-electron chi connectivity index (χ1n) is 4.69. The third-order valence-corrected chi connectivity index (χ3v) is 2.48. The van der Waals surface area contributed by atoms with Crippen LogP contribution >= 0.6 is 0 Å². The largest absolute Gasteiger partial charge is 0.490 e. The van der Waals surface area contributed by atoms with Gasteiger partial charge in [-0.15, -0.1) is 0 Å². The Balaban J connectivity index is 2.32. The summed E-state index contributed by atoms with van der Waals surface area (Å²) in [6, 6.07) is 0. The Morgan fingerprint density at radius 1 is 1.38 bits per heavy atom. The molecule has 0 amide bonds. The summed E-state index contributed by atoms with van der Waals surface area (Å²) in [5, 5.41) is 0. The summed E-state index contributed by atoms with van der Waals surface area (Å²) < 4.78 is 5.60. The van der Waals surface area contributed by atoms with E-state index in [0.717, 1.165) is 25.3 Å². The third kappa shape index (κ3) is 1.62. The maximum Gasteiger partial charge on any atom is 0.139 e. The van der Waals surface area contributed by atoms with Gasteiger partial charge in [0.2, 0.25) is 0 Å². The van der Waals surface area contributed by atoms with Crippen LogP contribution in [0.3, 0.4) is 0 Å². The van der Waals surface area contributed by atoms with E-state index in [1.165, 1.54) is 11.3 Å². The first-order chi connectivity index (χ1) is 6.27. The molecule has 2 heteroatoms. The van der Waals surface area contributed by atoms with Gasteiger partial charge in [0, 0.05) is 7.05 Å². The van der Waals surface area contributed by atoms with Gasteiger partial charge in [0.25, 0.3) is 0 Å². The van der Waals surface area contributed by atoms with Gasteiger partial charge in [-0.25, -0.2) is 0 Å². The minimum atomic E-state index is 0.804. The predicted octanol–water partition coefficient (Wildman–Crippen LogP) is 2.07. The van der Waals surface area contributed by atoms with Gasteiger partial charge in [0.05, 0.1) is 12.2 Å². The summed E-state index contributed by atoms with van der Waals surface area (Å²) in [4.78, 5) is 2.24. The van der Waals surface area contributed by atoms with Crippen molar-refractivity contribution in [2.45, 2.75) is 13.3 Å². The van der Waals surface area contributed by atoms with E-state index in [2.05, 4.69) is 37.1 Å². The highest BCUT2D eigenvalue weighted by molar-refractivity contribution is 5.34. The number of nitrogens with zero attached hydrogens (tertiary/aromatic N) is 1. The lowest BCUT2D eigenvalue weighted by Gasteiger charge is -2.29. The van der Waals surface area contributed by atoms with Crippen molar-refractivity contribution in [3.63, 3.8) is 0 Å². The van der Waals surface area contributed by atoms with E-state index in [-0.39, 0.29) is 0 Å². The predicted molar refractivity (Wildman–Crippen MR) is 53.1 cm³/mol. The fraction of sp³-hybridized carbons (Fsp3) is 0.455. The summed E-state index contributed by atoms with van der Waals surface area (Å²) in [5.41, 5.74) is 2.59. The second-order valence-electron chi connectivity index (χ2n) is 3.61. The average molecular weight is 177 g/mol. The van der Waals surface area contributed by atoms with E-state index < -0.39 is 0 Å². The number of fused-ring (bicyclic) bond motifs is 1. The molecular formula is C11H15NO. The molecule has 0 radical (unpaired) electrons. The molecule has 0 aromatic carbocycles. The molecule has 0 N–H and O–H groups in total. The summed E-state index contributed by atoms with van der Waals surface area (Å²) in [5.74, 6) is 1.04. The van der Waals surface area contributed by atoms with Crippen molar-refractivity contribution in [1.82, 2.24) is 4.90 Å². The van der Waals surface area contributed by atoms with E-state index in [0.29, 0.717) is 0 Å². The van der Waals surface area contributed by atoms with Crippen molar-refractivity contribution in [1.29, 1.82) is 0 Å². The third-order valence-electron chi connectivity index (χ3n) is 2.48. The summed E-state index contributed by atoms with van der Waals surface area (Å²) >= 11 is 0. The van der Waals surface area contributed by atoms with Gasteiger partial charge in [-0.3, -0.25) is 0 Å². The SMILES string of the molecule is CC1=CC=C2C(=CC1)OCCN2C. The van der Waals surface area contributed by atoms with E-state index in [9.17, 15) is 0 Å². The molecule has 1 aliphatic heterocycles. The minimum absolute atomic E-state index is 0.804. The van der Waals surface area contributed by atoms with Gasteiger partial charge in [-0.1, -0.05) is 11.6 Å². The first-order valence-corrected chi connectivity index (χ1v) is 4.69. The zero-order valence-electron chi connectivity index (χ0n) is 8.21. The maximum atomic E-state index is 5.60. The number of hydrogen-bond donors (Lipinski definition) is 0. The Hall–Kier alpha value is -1.18. The van der Waals surface area contributed by atoms with E-state index in [4.69, 9.17) is 4.74 Å². The Bertz CT molecular complexity index is 299. The lowest BCUT2D eigenvalue weighted by Crippen LogP contribution is -2.29. The quantitative estimate of drug-likeness (QED) is 0.561. The highest BCUT2D eigenvalue weighted by Crippen LogP contribution is 2.24. The highest BCUT2D eigenvalue weighted by atomic mass is 16.5. The van der Waals surface area contributed by atoms with Crippen LogP contribution in [0, 0.1) is 0 Å². The monoisotopic (exact) mass is 177 g/mol. The minimum Gasteiger partial charge on any atom is -0.490 e. The molecule has 70 valence electrons. The van der Waals surface area contributed by atoms with E-state index >= 15 is 0 Å². The van der Waals surface area contributed by atoms with Crippen LogP contribution in [0.25, 0.3) is 0 Å². The molecule has 0 aromatic heterocycles. The van der Waals surface area contributed by atoms with Crippen LogP contribution in [0.1, 0.15) is 13.3 Å². The molecule has 0 saturated carbocycles. The Labute approximate surface area is 79.2 Å². The average Bonchev–Trinajstić information content (AvgIpc) is 2.30. The number of allylic oxidation sites excluding steroid dienone is 4. The number of rotatable bonds is 0. The molecule has 0 aromatic rings. The van der Waals surface area contributed by atoms with Crippen molar-refractivity contribution >= 4 is 0 Å². The Morgan fingerprint density at radius 3 is 3.08 bits per heavy atom. The molecular weight excluding hydrogens is 162 g/mol. The Kier molecular flexibility index (Phi) is 2.13. The van der Waals surface area contributed by atoms with Crippen molar-refractivity contribution in [2.24, 2.45) is 0 Å². The zero-order chi connectivity index (χ0) is 9.26. The van der Waals surface area contributed by atoms with Gasteiger partial charge in [-0.05, 0) is 25.5 Å². The van der Waals surface area contributed by atoms with Crippen molar-refractivity contribution < 1.29 is 4.74 Å². The molecule has 0 spiro atoms. The molecule has 0 unspecified atom stereocenters. The molecule has 0 bridgehead atoms. The molecule has 1 saturated heterocycles. The first kappa shape index (κ1) is 8.42. The lowest BCUT2D eigenvalue weighted by atomic mass is 10.2. The molecule has 2 aliphatic rings. The topological polar surface area (TPSA) is 12.5 Å². The van der Waals surface area contributed by atoms with Gasteiger partial charge in [0.15, 0.2) is 0 Å². The van der Waals surface area contributed by atoms with Gasteiger partial charge in [-0.2, -0.15) is 0 Å². The van der Waals surface area contributed by atoms with E-state index in [1.54, 1.807) is 0 Å². The van der Waals surface area contributed by atoms with Gasteiger partial charge in [0.1, 0.15) is 12.4 Å². The molecule has 2 nitrogen and oxygen atoms in total. The maximum absolute atomic E-state index is 5.60. The van der Waals surface area contributed by atoms with Crippen LogP contribution < -0.4 is 0 Å². The zero-order valence-corrected chi connectivity index (χ0v) is 8.21. The highest BCUT2D eigenvalue weighted by Gasteiger charge is 2.17. The standard InChI is InChI=1S/C11H15NO/c1-9-3-5-10-11(6-4-9)13-8-7-12(10)2/h3,5-6H,4,7-8H2,1-2H3. The second-order valence-corrected chi connectivity index (χ2v) is 3.61. The van der Waals surface area contributed by atoms with Crippen LogP contribution in [-0.4, -0.2) is 25.1 Å². The molecule has 1 aliphatic carbocycles. The fourth-order valence-corrected chi connectivity index (χ4v) is 1.59. The van der Waals surface area contributed by atoms with Crippen molar-refractivity contribution in [2.75, 3.05) is 20.2 Å². The normalized spacial score (nSPS) is 22.0. The molecule has 0 atom stereocenters. The van der Waals surface area contributed by atoms with Crippen molar-refractivity contribution in [3.8, 4) is 0 Å². The van der Waals surface area contributed by atoms with Crippen LogP contribution in [0.15, 0.2) is 35.3 Å². The van der Waals surface area contributed by atoms with Crippen molar-refractivity contribution in [3.05, 3.63) is 35.3 Å². The van der Waals surface area contributed by atoms with E-state index in [1.807, 2.05) is 0 Å². The number of morpholine rings is 1.